The van der Waals surface area contributed by atoms with Crippen LogP contribution in [0.2, 0.25) is 0 Å². The molecule has 0 aliphatic rings. The van der Waals surface area contributed by atoms with Crippen LogP contribution in [0.3, 0.4) is 0 Å². The summed E-state index contributed by atoms with van der Waals surface area (Å²) in [5.41, 5.74) is 2.17. The van der Waals surface area contributed by atoms with Gasteiger partial charge in [0.1, 0.15) is 0 Å². The minimum Gasteiger partial charge on any atom is -0.318 e. The molecule has 0 fully saturated rings. The second-order valence-electron chi connectivity index (χ2n) is 3.30. The van der Waals surface area contributed by atoms with Crippen LogP contribution in [0.25, 0.3) is 21.0 Å². The molecule has 0 aromatic carbocycles. The first-order valence-corrected chi connectivity index (χ1v) is 6.65. The number of nitrogens with zero attached hydrogens (tertiary/aromatic N) is 1. The van der Waals surface area contributed by atoms with Crippen molar-refractivity contribution in [2.75, 3.05) is 0 Å². The zero-order valence-corrected chi connectivity index (χ0v) is 12.7. The third-order valence-corrected chi connectivity index (χ3v) is 4.02. The number of pyridine rings is 1. The standard InChI is InChI=1S/C13H8NS2.Ir/c1-3-12(15-7-1)10-5-6-11(14-9-10)13-4-2-8-16-13;/h1-3,5-9H;/q-1;. The Labute approximate surface area is 122 Å². The second kappa shape index (κ2) is 5.69. The fraction of sp³-hybridized carbons (Fsp3) is 0. The predicted molar refractivity (Wildman–Crippen MR) is 69.7 cm³/mol. The molecule has 0 aliphatic carbocycles. The molecule has 17 heavy (non-hydrogen) atoms. The Morgan fingerprint density at radius 1 is 1.06 bits per heavy atom. The summed E-state index contributed by atoms with van der Waals surface area (Å²) >= 11 is 3.40. The Bertz CT molecular complexity index is 503. The molecule has 1 radical (unpaired) electrons. The van der Waals surface area contributed by atoms with Crippen LogP contribution in [0.5, 0.6) is 0 Å². The summed E-state index contributed by atoms with van der Waals surface area (Å²) in [5.74, 6) is 0. The van der Waals surface area contributed by atoms with Gasteiger partial charge >= 0.3 is 0 Å². The van der Waals surface area contributed by atoms with Crippen LogP contribution in [0.4, 0.5) is 0 Å². The molecule has 0 saturated carbocycles. The molecule has 3 heterocycles. The van der Waals surface area contributed by atoms with Crippen LogP contribution in [-0.2, 0) is 20.1 Å². The average Bonchev–Trinajstić information content (AvgIpc) is 3.03. The Morgan fingerprint density at radius 2 is 2.00 bits per heavy atom. The van der Waals surface area contributed by atoms with Crippen molar-refractivity contribution in [1.82, 2.24) is 4.98 Å². The van der Waals surface area contributed by atoms with Crippen LogP contribution in [0.1, 0.15) is 0 Å². The summed E-state index contributed by atoms with van der Waals surface area (Å²) in [6, 6.07) is 13.4. The molecule has 0 bridgehead atoms. The SMILES string of the molecule is [Ir].[c-]1ccsc1-c1ccc(-c2cccs2)cn1. The van der Waals surface area contributed by atoms with Gasteiger partial charge in [-0.15, -0.1) is 16.7 Å². The first-order chi connectivity index (χ1) is 7.93. The number of hydrogen-bond donors (Lipinski definition) is 0. The molecule has 0 N–H and O–H groups in total. The fourth-order valence-electron chi connectivity index (χ4n) is 1.50. The predicted octanol–water partition coefficient (Wildman–Crippen LogP) is 4.34. The molecule has 0 unspecified atom stereocenters. The molecule has 0 spiro atoms. The summed E-state index contributed by atoms with van der Waals surface area (Å²) in [7, 11) is 0. The minimum absolute atomic E-state index is 0. The van der Waals surface area contributed by atoms with Gasteiger partial charge in [0.25, 0.3) is 0 Å². The molecule has 3 aromatic heterocycles. The molecular weight excluding hydrogens is 427 g/mol. The van der Waals surface area contributed by atoms with Crippen LogP contribution < -0.4 is 0 Å². The van der Waals surface area contributed by atoms with E-state index in [1.807, 2.05) is 17.6 Å². The Balaban J connectivity index is 0.00000108. The molecule has 3 rings (SSSR count). The largest absolute Gasteiger partial charge is 0.318 e. The smallest absolute Gasteiger partial charge is 0.0357 e. The molecule has 0 saturated heterocycles. The van der Waals surface area contributed by atoms with E-state index in [4.69, 9.17) is 0 Å². The summed E-state index contributed by atoms with van der Waals surface area (Å²) in [4.78, 5) is 6.82. The second-order valence-corrected chi connectivity index (χ2v) is 5.17. The normalized spacial score (nSPS) is 9.88. The van der Waals surface area contributed by atoms with Crippen molar-refractivity contribution >= 4 is 22.7 Å². The van der Waals surface area contributed by atoms with Gasteiger partial charge in [0.2, 0.25) is 0 Å². The Kier molecular flexibility index (Phi) is 4.24. The van der Waals surface area contributed by atoms with E-state index in [0.717, 1.165) is 10.6 Å². The van der Waals surface area contributed by atoms with Crippen molar-refractivity contribution in [3.63, 3.8) is 0 Å². The summed E-state index contributed by atoms with van der Waals surface area (Å²) < 4.78 is 0. The molecule has 0 aliphatic heterocycles. The van der Waals surface area contributed by atoms with Crippen LogP contribution in [-0.4, -0.2) is 4.98 Å². The van der Waals surface area contributed by atoms with E-state index in [9.17, 15) is 0 Å². The zero-order valence-electron chi connectivity index (χ0n) is 8.72. The average molecular weight is 435 g/mol. The van der Waals surface area contributed by atoms with Gasteiger partial charge in [0, 0.05) is 36.7 Å². The molecule has 87 valence electrons. The van der Waals surface area contributed by atoms with Crippen molar-refractivity contribution in [3.05, 3.63) is 53.4 Å². The van der Waals surface area contributed by atoms with Crippen molar-refractivity contribution < 1.29 is 20.1 Å². The van der Waals surface area contributed by atoms with E-state index in [1.54, 1.807) is 22.7 Å². The summed E-state index contributed by atoms with van der Waals surface area (Å²) in [6.07, 6.45) is 1.93. The third kappa shape index (κ3) is 2.72. The van der Waals surface area contributed by atoms with Crippen molar-refractivity contribution in [1.29, 1.82) is 0 Å². The van der Waals surface area contributed by atoms with Gasteiger partial charge in [0.15, 0.2) is 0 Å². The molecular formula is C13H8IrNS2-. The van der Waals surface area contributed by atoms with Gasteiger partial charge in [-0.05, 0) is 17.1 Å². The molecule has 3 aromatic rings. The van der Waals surface area contributed by atoms with Crippen molar-refractivity contribution in [3.8, 4) is 21.0 Å². The van der Waals surface area contributed by atoms with Gasteiger partial charge in [-0.3, -0.25) is 0 Å². The number of hydrogen-bond acceptors (Lipinski definition) is 3. The van der Waals surface area contributed by atoms with Crippen molar-refractivity contribution in [2.24, 2.45) is 0 Å². The maximum Gasteiger partial charge on any atom is 0.0357 e. The first kappa shape index (κ1) is 12.7. The summed E-state index contributed by atoms with van der Waals surface area (Å²) in [5, 5.41) is 4.10. The number of thiophene rings is 2. The third-order valence-electron chi connectivity index (χ3n) is 2.27. The van der Waals surface area contributed by atoms with Gasteiger partial charge in [0.05, 0.1) is 0 Å². The van der Waals surface area contributed by atoms with E-state index >= 15 is 0 Å². The van der Waals surface area contributed by atoms with Crippen LogP contribution in [0.15, 0.2) is 47.3 Å². The van der Waals surface area contributed by atoms with E-state index in [1.165, 1.54) is 10.4 Å². The topological polar surface area (TPSA) is 12.9 Å². The molecule has 1 nitrogen and oxygen atoms in total. The number of rotatable bonds is 2. The zero-order chi connectivity index (χ0) is 10.8. The summed E-state index contributed by atoms with van der Waals surface area (Å²) in [6.45, 7) is 0. The van der Waals surface area contributed by atoms with Crippen LogP contribution >= 0.6 is 22.7 Å². The fourth-order valence-corrected chi connectivity index (χ4v) is 2.86. The molecule has 0 amide bonds. The van der Waals surface area contributed by atoms with Gasteiger partial charge in [-0.1, -0.05) is 23.1 Å². The maximum atomic E-state index is 4.46. The quantitative estimate of drug-likeness (QED) is 0.547. The number of aromatic nitrogens is 1. The first-order valence-electron chi connectivity index (χ1n) is 4.89. The van der Waals surface area contributed by atoms with Crippen molar-refractivity contribution in [2.45, 2.75) is 0 Å². The maximum absolute atomic E-state index is 4.46. The molecule has 0 atom stereocenters. The minimum atomic E-state index is 0. The van der Waals surface area contributed by atoms with Gasteiger partial charge < -0.3 is 4.98 Å². The van der Waals surface area contributed by atoms with E-state index < -0.39 is 0 Å². The molecule has 4 heteroatoms. The Hall–Kier alpha value is -0.801. The van der Waals surface area contributed by atoms with Gasteiger partial charge in [-0.2, -0.15) is 12.1 Å². The van der Waals surface area contributed by atoms with E-state index in [-0.39, 0.29) is 20.1 Å². The van der Waals surface area contributed by atoms with Crippen LogP contribution in [0, 0.1) is 6.07 Å². The van der Waals surface area contributed by atoms with Gasteiger partial charge in [-0.25, -0.2) is 11.3 Å². The van der Waals surface area contributed by atoms with E-state index in [2.05, 4.69) is 40.7 Å². The Morgan fingerprint density at radius 3 is 2.59 bits per heavy atom. The monoisotopic (exact) mass is 435 g/mol. The van der Waals surface area contributed by atoms with E-state index in [0.29, 0.717) is 0 Å².